The average Bonchev–Trinajstić information content (AvgIpc) is 2.72. The highest BCUT2D eigenvalue weighted by Crippen LogP contribution is 2.37. The summed E-state index contributed by atoms with van der Waals surface area (Å²) in [6.07, 6.45) is 3.40. The van der Waals surface area contributed by atoms with Crippen LogP contribution < -0.4 is 16.4 Å². The number of carbonyl (C=O) groups excluding carboxylic acids is 2. The first-order valence-corrected chi connectivity index (χ1v) is 10.2. The number of anilines is 1. The molecular weight excluding hydrogens is 393 g/mol. The van der Waals surface area contributed by atoms with Crippen LogP contribution in [-0.2, 0) is 9.59 Å². The third-order valence-corrected chi connectivity index (χ3v) is 5.80. The van der Waals surface area contributed by atoms with E-state index in [1.54, 1.807) is 0 Å². The zero-order valence-corrected chi connectivity index (χ0v) is 16.8. The van der Waals surface area contributed by atoms with Crippen LogP contribution in [0.4, 0.5) is 10.1 Å². The van der Waals surface area contributed by atoms with Gasteiger partial charge in [0.1, 0.15) is 5.82 Å². The van der Waals surface area contributed by atoms with Crippen molar-refractivity contribution >= 4 is 29.1 Å². The molecule has 1 aliphatic rings. The lowest BCUT2D eigenvalue weighted by molar-refractivity contribution is -0.137. The summed E-state index contributed by atoms with van der Waals surface area (Å²) in [4.78, 5) is 24.6. The number of rotatable bonds is 5. The molecule has 0 saturated heterocycles. The predicted octanol–water partition coefficient (Wildman–Crippen LogP) is 3.84. The number of benzene rings is 2. The minimum absolute atomic E-state index is 0.0488. The first kappa shape index (κ1) is 21.3. The predicted molar refractivity (Wildman–Crippen MR) is 112 cm³/mol. The lowest BCUT2D eigenvalue weighted by Crippen LogP contribution is -2.47. The van der Waals surface area contributed by atoms with E-state index in [1.807, 2.05) is 18.2 Å². The molecule has 3 atom stereocenters. The second-order valence-electron chi connectivity index (χ2n) is 7.42. The molecule has 0 bridgehead atoms. The van der Waals surface area contributed by atoms with Crippen LogP contribution in [0.25, 0.3) is 0 Å². The van der Waals surface area contributed by atoms with Crippen LogP contribution >= 0.6 is 11.6 Å². The van der Waals surface area contributed by atoms with E-state index in [9.17, 15) is 14.0 Å². The van der Waals surface area contributed by atoms with Crippen molar-refractivity contribution in [2.24, 2.45) is 11.7 Å². The molecule has 3 unspecified atom stereocenters. The molecule has 1 saturated carbocycles. The lowest BCUT2D eigenvalue weighted by Gasteiger charge is -2.36. The van der Waals surface area contributed by atoms with Crippen molar-refractivity contribution in [3.8, 4) is 0 Å². The van der Waals surface area contributed by atoms with Crippen molar-refractivity contribution < 1.29 is 14.0 Å². The molecule has 0 aliphatic heterocycles. The molecule has 29 heavy (non-hydrogen) atoms. The van der Waals surface area contributed by atoms with Crippen LogP contribution in [0.2, 0.25) is 5.02 Å². The van der Waals surface area contributed by atoms with E-state index < -0.39 is 17.6 Å². The van der Waals surface area contributed by atoms with Crippen molar-refractivity contribution in [2.75, 3.05) is 11.9 Å². The maximum absolute atomic E-state index is 13.5. The van der Waals surface area contributed by atoms with Crippen molar-refractivity contribution in [2.45, 2.75) is 37.6 Å². The molecule has 1 fully saturated rings. The fourth-order valence-electron chi connectivity index (χ4n) is 4.01. The van der Waals surface area contributed by atoms with Gasteiger partial charge >= 0.3 is 11.8 Å². The Bertz CT molecular complexity index is 862. The molecule has 0 spiro atoms. The molecule has 0 radical (unpaired) electrons. The van der Waals surface area contributed by atoms with E-state index in [0.29, 0.717) is 12.5 Å². The van der Waals surface area contributed by atoms with Gasteiger partial charge in [0.05, 0.1) is 5.02 Å². The summed E-state index contributed by atoms with van der Waals surface area (Å²) < 4.78 is 13.5. The number of carbonyl (C=O) groups is 2. The molecular formula is C22H25ClFN3O2. The largest absolute Gasteiger partial charge is 0.345 e. The Balaban J connectivity index is 1.60. The summed E-state index contributed by atoms with van der Waals surface area (Å²) in [6.45, 7) is 0.523. The number of hydrogen-bond acceptors (Lipinski definition) is 3. The van der Waals surface area contributed by atoms with Gasteiger partial charge in [-0.25, -0.2) is 4.39 Å². The van der Waals surface area contributed by atoms with Crippen LogP contribution in [0, 0.1) is 11.7 Å². The summed E-state index contributed by atoms with van der Waals surface area (Å²) in [7, 11) is 0. The number of halogens is 2. The molecule has 2 aromatic carbocycles. The number of hydrogen-bond donors (Lipinski definition) is 3. The van der Waals surface area contributed by atoms with Gasteiger partial charge in [0.15, 0.2) is 0 Å². The van der Waals surface area contributed by atoms with Gasteiger partial charge in [-0.1, -0.05) is 41.9 Å². The molecule has 0 heterocycles. The molecule has 5 nitrogen and oxygen atoms in total. The lowest BCUT2D eigenvalue weighted by atomic mass is 9.74. The SMILES string of the molecule is NCCC1CC(c2ccccc2)CCC1NC(=O)C(=O)Nc1ccc(Cl)c(F)c1. The quantitative estimate of drug-likeness (QED) is 0.646. The Kier molecular flexibility index (Phi) is 7.23. The number of nitrogens with two attached hydrogens (primary N) is 1. The van der Waals surface area contributed by atoms with E-state index in [1.165, 1.54) is 17.7 Å². The van der Waals surface area contributed by atoms with Crippen LogP contribution in [0.3, 0.4) is 0 Å². The van der Waals surface area contributed by atoms with Gasteiger partial charge in [-0.05, 0) is 67.8 Å². The molecule has 1 aliphatic carbocycles. The van der Waals surface area contributed by atoms with Gasteiger partial charge < -0.3 is 16.4 Å². The van der Waals surface area contributed by atoms with Gasteiger partial charge in [0.25, 0.3) is 0 Å². The Labute approximate surface area is 174 Å². The Hall–Kier alpha value is -2.44. The Morgan fingerprint density at radius 3 is 2.55 bits per heavy atom. The third kappa shape index (κ3) is 5.55. The van der Waals surface area contributed by atoms with Crippen molar-refractivity contribution in [3.63, 3.8) is 0 Å². The van der Waals surface area contributed by atoms with Gasteiger partial charge in [-0.15, -0.1) is 0 Å². The fourth-order valence-corrected chi connectivity index (χ4v) is 4.13. The van der Waals surface area contributed by atoms with E-state index in [4.69, 9.17) is 17.3 Å². The van der Waals surface area contributed by atoms with Crippen molar-refractivity contribution in [1.29, 1.82) is 0 Å². The first-order chi connectivity index (χ1) is 14.0. The summed E-state index contributed by atoms with van der Waals surface area (Å²) >= 11 is 5.63. The fraction of sp³-hybridized carbons (Fsp3) is 0.364. The summed E-state index contributed by atoms with van der Waals surface area (Å²) in [6, 6.07) is 14.1. The number of amides is 2. The molecule has 154 valence electrons. The molecule has 2 amide bonds. The average molecular weight is 418 g/mol. The van der Waals surface area contributed by atoms with Gasteiger partial charge in [-0.2, -0.15) is 0 Å². The molecule has 3 rings (SSSR count). The zero-order valence-electron chi connectivity index (χ0n) is 16.0. The maximum atomic E-state index is 13.5. The second-order valence-corrected chi connectivity index (χ2v) is 7.83. The van der Waals surface area contributed by atoms with E-state index in [-0.39, 0.29) is 22.7 Å². The smallest absolute Gasteiger partial charge is 0.313 e. The molecule has 7 heteroatoms. The highest BCUT2D eigenvalue weighted by Gasteiger charge is 2.32. The van der Waals surface area contributed by atoms with Crippen LogP contribution in [-0.4, -0.2) is 24.4 Å². The van der Waals surface area contributed by atoms with Crippen LogP contribution in [0.1, 0.15) is 37.2 Å². The minimum atomic E-state index is -0.830. The summed E-state index contributed by atoms with van der Waals surface area (Å²) in [5.41, 5.74) is 7.26. The highest BCUT2D eigenvalue weighted by atomic mass is 35.5. The van der Waals surface area contributed by atoms with E-state index in [0.717, 1.165) is 31.7 Å². The van der Waals surface area contributed by atoms with Gasteiger partial charge in [-0.3, -0.25) is 9.59 Å². The first-order valence-electron chi connectivity index (χ1n) is 9.80. The molecule has 4 N–H and O–H groups in total. The number of nitrogens with one attached hydrogen (secondary N) is 2. The second kappa shape index (κ2) is 9.85. The topological polar surface area (TPSA) is 84.2 Å². The monoisotopic (exact) mass is 417 g/mol. The van der Waals surface area contributed by atoms with Crippen molar-refractivity contribution in [1.82, 2.24) is 5.32 Å². The summed E-state index contributed by atoms with van der Waals surface area (Å²) in [5.74, 6) is -1.60. The zero-order chi connectivity index (χ0) is 20.8. The van der Waals surface area contributed by atoms with E-state index >= 15 is 0 Å². The third-order valence-electron chi connectivity index (χ3n) is 5.49. The van der Waals surface area contributed by atoms with Crippen molar-refractivity contribution in [3.05, 3.63) is 64.9 Å². The van der Waals surface area contributed by atoms with E-state index in [2.05, 4.69) is 22.8 Å². The Morgan fingerprint density at radius 2 is 1.86 bits per heavy atom. The van der Waals surface area contributed by atoms with Crippen LogP contribution in [0.15, 0.2) is 48.5 Å². The van der Waals surface area contributed by atoms with Gasteiger partial charge in [0, 0.05) is 11.7 Å². The summed E-state index contributed by atoms with van der Waals surface area (Å²) in [5, 5.41) is 5.20. The Morgan fingerprint density at radius 1 is 1.10 bits per heavy atom. The minimum Gasteiger partial charge on any atom is -0.345 e. The molecule has 0 aromatic heterocycles. The van der Waals surface area contributed by atoms with Gasteiger partial charge in [0.2, 0.25) is 0 Å². The maximum Gasteiger partial charge on any atom is 0.313 e. The normalized spacial score (nSPS) is 21.4. The highest BCUT2D eigenvalue weighted by molar-refractivity contribution is 6.39. The van der Waals surface area contributed by atoms with Crippen LogP contribution in [0.5, 0.6) is 0 Å². The molecule has 2 aromatic rings. The standard InChI is InChI=1S/C22H25ClFN3O2/c23-18-8-7-17(13-19(18)24)26-21(28)22(29)27-20-9-6-15(12-16(20)10-11-25)14-4-2-1-3-5-14/h1-5,7-8,13,15-16,20H,6,9-12,25H2,(H,26,28)(H,27,29).